The van der Waals surface area contributed by atoms with Gasteiger partial charge in [0.15, 0.2) is 17.3 Å². The molecule has 0 spiro atoms. The first-order valence-electron chi connectivity index (χ1n) is 15.1. The van der Waals surface area contributed by atoms with E-state index in [4.69, 9.17) is 15.0 Å². The molecule has 2 aromatic heterocycles. The minimum Gasteiger partial charge on any atom is -0.494 e. The van der Waals surface area contributed by atoms with Crippen molar-refractivity contribution in [1.29, 1.82) is 0 Å². The topological polar surface area (TPSA) is 165 Å². The van der Waals surface area contributed by atoms with Gasteiger partial charge in [-0.15, -0.1) is 0 Å². The summed E-state index contributed by atoms with van der Waals surface area (Å²) >= 11 is 4.24. The molecule has 4 aromatic carbocycles. The molecule has 0 aliphatic heterocycles. The normalized spacial score (nSPS) is 11.7. The summed E-state index contributed by atoms with van der Waals surface area (Å²) < 4.78 is 132. The Morgan fingerprint density at radius 3 is 1.56 bits per heavy atom. The largest absolute Gasteiger partial charge is 0.494 e. The van der Waals surface area contributed by atoms with Gasteiger partial charge in [-0.3, -0.25) is 0 Å². The molecule has 0 bridgehead atoms. The molecule has 292 valence electrons. The highest BCUT2D eigenvalue weighted by molar-refractivity contribution is 15.0. The van der Waals surface area contributed by atoms with Gasteiger partial charge in [0.05, 0.1) is 39.7 Å². The fraction of sp³-hybridized carbons (Fsp3) is 0.118. The maximum absolute atomic E-state index is 14.0. The predicted octanol–water partition coefficient (Wildman–Crippen LogP) is 8.56. The van der Waals surface area contributed by atoms with Crippen molar-refractivity contribution in [3.05, 3.63) is 126 Å². The van der Waals surface area contributed by atoms with Crippen LogP contribution >= 0.6 is 37.2 Å². The third-order valence-electron chi connectivity index (χ3n) is 7.57. The molecular formula is C34H28F6I2N6O5S2. The van der Waals surface area contributed by atoms with Crippen LogP contribution in [0.2, 0.25) is 0 Å². The number of rotatable bonds is 8. The molecule has 0 aliphatic rings. The van der Waals surface area contributed by atoms with Gasteiger partial charge in [0, 0.05) is 48.4 Å². The van der Waals surface area contributed by atoms with Gasteiger partial charge in [0.2, 0.25) is 20.0 Å². The molecule has 0 aliphatic carbocycles. The number of ether oxygens (including phenoxy) is 1. The fourth-order valence-electron chi connectivity index (χ4n) is 4.93. The SMILES string of the molecule is COc1ccc(-c2cc(C(F)F)nn2-c2ccc(S(N)(=O)=O)cc2)cc1F.Cc1ccc(-c2cc(C(F)(F)F)nn2-c2ccc(S(N)(=O)=O)cc2)cc1.II. The monoisotopic (exact) mass is 1030 g/mol. The molecule has 55 heavy (non-hydrogen) atoms. The number of primary sulfonamides is 2. The highest BCUT2D eigenvalue weighted by Gasteiger charge is 2.35. The van der Waals surface area contributed by atoms with Crippen molar-refractivity contribution in [2.24, 2.45) is 10.3 Å². The fourth-order valence-corrected chi connectivity index (χ4v) is 5.97. The van der Waals surface area contributed by atoms with Gasteiger partial charge in [0.1, 0.15) is 5.69 Å². The van der Waals surface area contributed by atoms with E-state index in [9.17, 15) is 43.2 Å². The molecule has 11 nitrogen and oxygen atoms in total. The average Bonchev–Trinajstić information content (AvgIpc) is 3.79. The molecule has 0 fully saturated rings. The van der Waals surface area contributed by atoms with Gasteiger partial charge in [-0.05, 0) is 85.8 Å². The molecular weight excluding hydrogens is 1000 g/mol. The number of nitrogens with two attached hydrogens (primary N) is 2. The number of aryl methyl sites for hydroxylation is 1. The Labute approximate surface area is 334 Å². The van der Waals surface area contributed by atoms with Crippen LogP contribution in [0.4, 0.5) is 26.3 Å². The minimum atomic E-state index is -4.61. The van der Waals surface area contributed by atoms with Crippen molar-refractivity contribution in [3.8, 4) is 39.6 Å². The van der Waals surface area contributed by atoms with Crippen LogP contribution in [0.25, 0.3) is 33.9 Å². The number of nitrogens with zero attached hydrogens (tertiary/aromatic N) is 4. The molecule has 4 N–H and O–H groups in total. The third-order valence-corrected chi connectivity index (χ3v) is 9.42. The van der Waals surface area contributed by atoms with Crippen LogP contribution in [0.1, 0.15) is 23.4 Å². The van der Waals surface area contributed by atoms with Gasteiger partial charge >= 0.3 is 6.18 Å². The molecule has 2 heterocycles. The molecule has 21 heteroatoms. The lowest BCUT2D eigenvalue weighted by Gasteiger charge is -2.09. The second-order valence-electron chi connectivity index (χ2n) is 11.3. The summed E-state index contributed by atoms with van der Waals surface area (Å²) in [6, 6.07) is 23.4. The van der Waals surface area contributed by atoms with Crippen LogP contribution in [0.3, 0.4) is 0 Å². The zero-order valence-electron chi connectivity index (χ0n) is 28.2. The number of methoxy groups -OCH3 is 1. The molecule has 6 aromatic rings. The lowest BCUT2D eigenvalue weighted by molar-refractivity contribution is -0.141. The summed E-state index contributed by atoms with van der Waals surface area (Å²) in [6.07, 6.45) is -7.44. The summed E-state index contributed by atoms with van der Waals surface area (Å²) in [5.41, 5.74) is 1.30. The number of hydrogen-bond acceptors (Lipinski definition) is 7. The minimum absolute atomic E-state index is 0.0106. The van der Waals surface area contributed by atoms with Crippen LogP contribution in [0.5, 0.6) is 5.75 Å². The van der Waals surface area contributed by atoms with E-state index in [-0.39, 0.29) is 32.6 Å². The van der Waals surface area contributed by atoms with Crippen LogP contribution in [-0.4, -0.2) is 43.5 Å². The Balaban J connectivity index is 0.000000234. The van der Waals surface area contributed by atoms with Crippen LogP contribution < -0.4 is 15.0 Å². The summed E-state index contributed by atoms with van der Waals surface area (Å²) in [6.45, 7) is 1.87. The van der Waals surface area contributed by atoms with Crippen molar-refractivity contribution < 1.29 is 47.9 Å². The van der Waals surface area contributed by atoms with Crippen LogP contribution in [0, 0.1) is 12.7 Å². The Hall–Kier alpha value is -4.04. The van der Waals surface area contributed by atoms with E-state index in [0.717, 1.165) is 28.4 Å². The molecule has 0 saturated heterocycles. The van der Waals surface area contributed by atoms with E-state index in [0.29, 0.717) is 16.8 Å². The Bertz CT molecular complexity index is 2480. The van der Waals surface area contributed by atoms with E-state index in [2.05, 4.69) is 47.4 Å². The second kappa shape index (κ2) is 17.8. The standard InChI is InChI=1S/C17H14F3N3O3S.C17H14F3N3O2S.I2/c1-26-16-7-2-10(8-13(16)18)15-9-14(17(19)20)22-23(15)11-3-5-12(6-4-11)27(21,24)25;1-11-2-4-12(5-3-11)15-10-16(17(18,19)20)22-23(15)13-6-8-14(9-7-13)26(21,24)25;1-2/h2-9,17H,1H3,(H2,21,24,25);2-10H,1H3,(H2,21,24,25);. The maximum atomic E-state index is 14.0. The maximum Gasteiger partial charge on any atom is 0.435 e. The number of benzene rings is 4. The number of alkyl halides is 5. The Kier molecular flexibility index (Phi) is 14.2. The quantitative estimate of drug-likeness (QED) is 0.114. The van der Waals surface area contributed by atoms with Gasteiger partial charge in [-0.1, -0.05) is 29.8 Å². The summed E-state index contributed by atoms with van der Waals surface area (Å²) in [4.78, 5) is -0.272. The van der Waals surface area contributed by atoms with Gasteiger partial charge in [-0.25, -0.2) is 49.6 Å². The van der Waals surface area contributed by atoms with Gasteiger partial charge in [0.25, 0.3) is 6.43 Å². The smallest absolute Gasteiger partial charge is 0.435 e. The average molecular weight is 1030 g/mol. The molecule has 0 atom stereocenters. The zero-order chi connectivity index (χ0) is 40.9. The summed E-state index contributed by atoms with van der Waals surface area (Å²) in [5, 5.41) is 17.6. The molecule has 0 amide bonds. The second-order valence-corrected chi connectivity index (χ2v) is 14.4. The van der Waals surface area contributed by atoms with E-state index in [1.165, 1.54) is 72.5 Å². The number of aromatic nitrogens is 4. The van der Waals surface area contributed by atoms with Crippen molar-refractivity contribution in [3.63, 3.8) is 0 Å². The highest BCUT2D eigenvalue weighted by atomic mass is 128. The molecule has 0 saturated carbocycles. The number of sulfonamides is 2. The summed E-state index contributed by atoms with van der Waals surface area (Å²) in [7, 11) is -6.49. The number of halogens is 8. The van der Waals surface area contributed by atoms with E-state index < -0.39 is 49.9 Å². The van der Waals surface area contributed by atoms with Crippen molar-refractivity contribution in [1.82, 2.24) is 19.6 Å². The Morgan fingerprint density at radius 2 is 1.15 bits per heavy atom. The molecule has 0 unspecified atom stereocenters. The van der Waals surface area contributed by atoms with E-state index in [1.807, 2.05) is 6.92 Å². The van der Waals surface area contributed by atoms with E-state index >= 15 is 0 Å². The first kappa shape index (κ1) is 43.7. The highest BCUT2D eigenvalue weighted by Crippen LogP contribution is 2.34. The number of hydrogen-bond donors (Lipinski definition) is 2. The predicted molar refractivity (Wildman–Crippen MR) is 210 cm³/mol. The van der Waals surface area contributed by atoms with Gasteiger partial charge < -0.3 is 4.74 Å². The van der Waals surface area contributed by atoms with E-state index in [1.54, 1.807) is 24.3 Å². The first-order chi connectivity index (χ1) is 25.8. The third kappa shape index (κ3) is 10.8. The van der Waals surface area contributed by atoms with Crippen molar-refractivity contribution >= 4 is 57.3 Å². The zero-order valence-corrected chi connectivity index (χ0v) is 34.2. The van der Waals surface area contributed by atoms with Gasteiger partial charge in [-0.2, -0.15) is 23.4 Å². The van der Waals surface area contributed by atoms with Crippen LogP contribution in [-0.2, 0) is 26.2 Å². The Morgan fingerprint density at radius 1 is 0.691 bits per heavy atom. The van der Waals surface area contributed by atoms with Crippen LogP contribution in [0.15, 0.2) is 113 Å². The van der Waals surface area contributed by atoms with Crippen molar-refractivity contribution in [2.75, 3.05) is 7.11 Å². The first-order valence-corrected chi connectivity index (χ1v) is 24.5. The summed E-state index contributed by atoms with van der Waals surface area (Å²) in [5.74, 6) is -0.651. The lowest BCUT2D eigenvalue weighted by atomic mass is 10.1. The lowest BCUT2D eigenvalue weighted by Crippen LogP contribution is -2.12. The van der Waals surface area contributed by atoms with Crippen molar-refractivity contribution in [2.45, 2.75) is 29.3 Å². The molecule has 6 rings (SSSR count). The molecule has 0 radical (unpaired) electrons.